The Morgan fingerprint density at radius 1 is 1.28 bits per heavy atom. The zero-order valence-electron chi connectivity index (χ0n) is 9.48. The average Bonchev–Trinajstić information content (AvgIpc) is 2.34. The fraction of sp³-hybridized carbons (Fsp3) is 0.154. The van der Waals surface area contributed by atoms with Crippen LogP contribution in [0.3, 0.4) is 0 Å². The molecule has 2 rings (SSSR count). The van der Waals surface area contributed by atoms with Crippen LogP contribution in [0.15, 0.2) is 51.9 Å². The van der Waals surface area contributed by atoms with Gasteiger partial charge in [-0.2, -0.15) is 0 Å². The van der Waals surface area contributed by atoms with Crippen LogP contribution in [0.4, 0.5) is 0 Å². The third-order valence-corrected chi connectivity index (χ3v) is 3.05. The normalized spacial score (nSPS) is 10.3. The zero-order chi connectivity index (χ0) is 13.0. The zero-order valence-corrected chi connectivity index (χ0v) is 11.8. The number of nitrogens with zero attached hydrogens (tertiary/aromatic N) is 1. The second-order valence-electron chi connectivity index (χ2n) is 3.68. The predicted molar refractivity (Wildman–Crippen MR) is 75.3 cm³/mol. The molecule has 1 aromatic heterocycles. The lowest BCUT2D eigenvalue weighted by molar-refractivity contribution is 0.296. The first-order valence-electron chi connectivity index (χ1n) is 5.39. The van der Waals surface area contributed by atoms with E-state index in [0.29, 0.717) is 23.9 Å². The third-order valence-electron chi connectivity index (χ3n) is 2.34. The first-order chi connectivity index (χ1) is 8.65. The van der Waals surface area contributed by atoms with Crippen molar-refractivity contribution >= 4 is 27.5 Å². The lowest BCUT2D eigenvalue weighted by atomic mass is 10.3. The van der Waals surface area contributed by atoms with Gasteiger partial charge in [0.25, 0.3) is 5.56 Å². The molecular weight excluding hydrogens is 318 g/mol. The number of aromatic nitrogens is 1. The number of pyridine rings is 1. The molecule has 0 N–H and O–H groups in total. The lowest BCUT2D eigenvalue weighted by Crippen LogP contribution is -2.21. The van der Waals surface area contributed by atoms with Gasteiger partial charge in [0.05, 0.1) is 6.54 Å². The van der Waals surface area contributed by atoms with Crippen LogP contribution in [0.1, 0.15) is 0 Å². The average molecular weight is 329 g/mol. The van der Waals surface area contributed by atoms with Gasteiger partial charge in [0.15, 0.2) is 0 Å². The molecule has 3 nitrogen and oxygen atoms in total. The summed E-state index contributed by atoms with van der Waals surface area (Å²) in [5, 5.41) is 0.632. The second kappa shape index (κ2) is 6.07. The minimum atomic E-state index is -0.0482. The largest absolute Gasteiger partial charge is 0.492 e. The van der Waals surface area contributed by atoms with Crippen LogP contribution >= 0.6 is 27.5 Å². The molecule has 94 valence electrons. The quantitative estimate of drug-likeness (QED) is 0.862. The van der Waals surface area contributed by atoms with E-state index < -0.39 is 0 Å². The SMILES string of the molecule is O=c1ccc(Br)cn1CCOc1cccc(Cl)c1. The van der Waals surface area contributed by atoms with E-state index in [0.717, 1.165) is 4.47 Å². The van der Waals surface area contributed by atoms with Gasteiger partial charge in [-0.15, -0.1) is 0 Å². The molecule has 0 saturated heterocycles. The summed E-state index contributed by atoms with van der Waals surface area (Å²) >= 11 is 9.17. The van der Waals surface area contributed by atoms with Gasteiger partial charge in [-0.3, -0.25) is 4.79 Å². The molecule has 5 heteroatoms. The molecule has 0 saturated carbocycles. The fourth-order valence-corrected chi connectivity index (χ4v) is 2.06. The maximum Gasteiger partial charge on any atom is 0.250 e. The van der Waals surface area contributed by atoms with Gasteiger partial charge in [0.1, 0.15) is 12.4 Å². The summed E-state index contributed by atoms with van der Waals surface area (Å²) < 4.78 is 7.98. The highest BCUT2D eigenvalue weighted by Gasteiger charge is 1.98. The molecule has 0 radical (unpaired) electrons. The Labute approximate surface area is 118 Å². The van der Waals surface area contributed by atoms with Crippen LogP contribution in [0.2, 0.25) is 5.02 Å². The van der Waals surface area contributed by atoms with Gasteiger partial charge in [-0.25, -0.2) is 0 Å². The van der Waals surface area contributed by atoms with Crippen molar-refractivity contribution in [1.82, 2.24) is 4.57 Å². The number of rotatable bonds is 4. The van der Waals surface area contributed by atoms with Crippen molar-refractivity contribution in [2.45, 2.75) is 6.54 Å². The Balaban J connectivity index is 1.96. The minimum absolute atomic E-state index is 0.0482. The fourth-order valence-electron chi connectivity index (χ4n) is 1.50. The van der Waals surface area contributed by atoms with Crippen molar-refractivity contribution in [3.63, 3.8) is 0 Å². The van der Waals surface area contributed by atoms with Crippen LogP contribution in [0.25, 0.3) is 0 Å². The molecule has 2 aromatic rings. The van der Waals surface area contributed by atoms with E-state index in [1.54, 1.807) is 29.0 Å². The molecule has 0 unspecified atom stereocenters. The van der Waals surface area contributed by atoms with E-state index in [9.17, 15) is 4.79 Å². The van der Waals surface area contributed by atoms with Gasteiger partial charge in [0, 0.05) is 21.8 Å². The molecule has 0 aliphatic carbocycles. The number of hydrogen-bond donors (Lipinski definition) is 0. The van der Waals surface area contributed by atoms with E-state index in [4.69, 9.17) is 16.3 Å². The summed E-state index contributed by atoms with van der Waals surface area (Å²) in [4.78, 5) is 11.5. The van der Waals surface area contributed by atoms with Crippen molar-refractivity contribution < 1.29 is 4.74 Å². The summed E-state index contributed by atoms with van der Waals surface area (Å²) in [6, 6.07) is 10.4. The Morgan fingerprint density at radius 3 is 2.89 bits per heavy atom. The van der Waals surface area contributed by atoms with E-state index in [-0.39, 0.29) is 5.56 Å². The number of benzene rings is 1. The molecule has 1 aromatic carbocycles. The molecular formula is C13H11BrClNO2. The number of hydrogen-bond acceptors (Lipinski definition) is 2. The lowest BCUT2D eigenvalue weighted by Gasteiger charge is -2.08. The van der Waals surface area contributed by atoms with Crippen molar-refractivity contribution in [3.05, 3.63) is 62.4 Å². The Kier molecular flexibility index (Phi) is 4.44. The van der Waals surface area contributed by atoms with Crippen LogP contribution in [0, 0.1) is 0 Å². The predicted octanol–water partition coefficient (Wildman–Crippen LogP) is 3.34. The highest BCUT2D eigenvalue weighted by Crippen LogP contribution is 2.16. The molecule has 0 spiro atoms. The summed E-state index contributed by atoms with van der Waals surface area (Å²) in [5.74, 6) is 0.700. The van der Waals surface area contributed by atoms with E-state index >= 15 is 0 Å². The first kappa shape index (κ1) is 13.2. The second-order valence-corrected chi connectivity index (χ2v) is 5.04. The van der Waals surface area contributed by atoms with Gasteiger partial charge in [-0.05, 0) is 40.2 Å². The molecule has 0 amide bonds. The molecule has 18 heavy (non-hydrogen) atoms. The van der Waals surface area contributed by atoms with Gasteiger partial charge < -0.3 is 9.30 Å². The van der Waals surface area contributed by atoms with Crippen molar-refractivity contribution in [1.29, 1.82) is 0 Å². The maximum atomic E-state index is 11.5. The van der Waals surface area contributed by atoms with E-state index in [1.807, 2.05) is 12.1 Å². The monoisotopic (exact) mass is 327 g/mol. The van der Waals surface area contributed by atoms with Crippen LogP contribution in [-0.4, -0.2) is 11.2 Å². The maximum absolute atomic E-state index is 11.5. The van der Waals surface area contributed by atoms with Gasteiger partial charge in [0.2, 0.25) is 0 Å². The topological polar surface area (TPSA) is 31.2 Å². The standard InChI is InChI=1S/C13H11BrClNO2/c14-10-4-5-13(17)16(9-10)6-7-18-12-3-1-2-11(15)8-12/h1-5,8-9H,6-7H2. The molecule has 0 fully saturated rings. The summed E-state index contributed by atoms with van der Waals surface area (Å²) in [6.45, 7) is 0.904. The Bertz CT molecular complexity index is 598. The number of halogens is 2. The van der Waals surface area contributed by atoms with Crippen LogP contribution in [0.5, 0.6) is 5.75 Å². The first-order valence-corrected chi connectivity index (χ1v) is 6.56. The van der Waals surface area contributed by atoms with Gasteiger partial charge in [-0.1, -0.05) is 17.7 Å². The van der Waals surface area contributed by atoms with E-state index in [2.05, 4.69) is 15.9 Å². The van der Waals surface area contributed by atoms with Gasteiger partial charge >= 0.3 is 0 Å². The number of ether oxygens (including phenoxy) is 1. The molecule has 0 bridgehead atoms. The highest BCUT2D eigenvalue weighted by atomic mass is 79.9. The summed E-state index contributed by atoms with van der Waals surface area (Å²) in [7, 11) is 0. The van der Waals surface area contributed by atoms with Crippen molar-refractivity contribution in [2.24, 2.45) is 0 Å². The molecule has 0 atom stereocenters. The minimum Gasteiger partial charge on any atom is -0.492 e. The van der Waals surface area contributed by atoms with Crippen molar-refractivity contribution in [2.75, 3.05) is 6.61 Å². The summed E-state index contributed by atoms with van der Waals surface area (Å²) in [6.07, 6.45) is 1.74. The summed E-state index contributed by atoms with van der Waals surface area (Å²) in [5.41, 5.74) is -0.0482. The van der Waals surface area contributed by atoms with Crippen LogP contribution in [-0.2, 0) is 6.54 Å². The third kappa shape index (κ3) is 3.62. The molecule has 0 aliphatic heterocycles. The van der Waals surface area contributed by atoms with E-state index in [1.165, 1.54) is 6.07 Å². The smallest absolute Gasteiger partial charge is 0.250 e. The molecule has 0 aliphatic rings. The highest BCUT2D eigenvalue weighted by molar-refractivity contribution is 9.10. The van der Waals surface area contributed by atoms with Crippen molar-refractivity contribution in [3.8, 4) is 5.75 Å². The Morgan fingerprint density at radius 2 is 2.11 bits per heavy atom. The molecule has 1 heterocycles. The Hall–Kier alpha value is -1.26. The van der Waals surface area contributed by atoms with Crippen LogP contribution < -0.4 is 10.3 Å².